The van der Waals surface area contributed by atoms with E-state index in [1.165, 1.54) is 0 Å². The molecule has 1 heterocycles. The number of carbonyl (C=O) groups is 2. The van der Waals surface area contributed by atoms with Gasteiger partial charge in [-0.3, -0.25) is 14.5 Å². The summed E-state index contributed by atoms with van der Waals surface area (Å²) in [6, 6.07) is 9.85. The third kappa shape index (κ3) is 4.37. The van der Waals surface area contributed by atoms with Gasteiger partial charge in [-0.15, -0.1) is 0 Å². The Hall–Kier alpha value is -1.88. The molecule has 102 valence electrons. The number of carbonyl (C=O) groups excluding carboxylic acids is 2. The number of nitrogens with one attached hydrogen (secondary N) is 1. The van der Waals surface area contributed by atoms with Crippen molar-refractivity contribution < 1.29 is 9.59 Å². The van der Waals surface area contributed by atoms with E-state index in [2.05, 4.69) is 10.2 Å². The Morgan fingerprint density at radius 3 is 2.47 bits per heavy atom. The lowest BCUT2D eigenvalue weighted by atomic mass is 10.2. The van der Waals surface area contributed by atoms with Crippen molar-refractivity contribution in [2.45, 2.75) is 6.54 Å². The predicted molar refractivity (Wildman–Crippen MR) is 72.4 cm³/mol. The maximum atomic E-state index is 11.8. The largest absolute Gasteiger partial charge is 0.351 e. The zero-order chi connectivity index (χ0) is 13.5. The van der Waals surface area contributed by atoms with Crippen LogP contribution in [0.15, 0.2) is 30.3 Å². The van der Waals surface area contributed by atoms with Gasteiger partial charge in [0.25, 0.3) is 0 Å². The summed E-state index contributed by atoms with van der Waals surface area (Å²) in [5.74, 6) is 0.0309. The fourth-order valence-corrected chi connectivity index (χ4v) is 2.08. The molecule has 1 aromatic rings. The van der Waals surface area contributed by atoms with E-state index in [-0.39, 0.29) is 5.91 Å². The number of benzene rings is 1. The molecule has 0 aromatic heterocycles. The van der Waals surface area contributed by atoms with E-state index >= 15 is 0 Å². The van der Waals surface area contributed by atoms with Crippen LogP contribution in [0.1, 0.15) is 5.56 Å². The maximum Gasteiger partial charge on any atom is 0.234 e. The van der Waals surface area contributed by atoms with Gasteiger partial charge in [-0.2, -0.15) is 0 Å². The van der Waals surface area contributed by atoms with Crippen molar-refractivity contribution in [1.29, 1.82) is 0 Å². The number of rotatable bonds is 5. The molecule has 0 atom stereocenters. The lowest BCUT2D eigenvalue weighted by Crippen LogP contribution is -2.48. The van der Waals surface area contributed by atoms with Crippen molar-refractivity contribution in [3.63, 3.8) is 0 Å². The minimum absolute atomic E-state index is 0.0309. The molecule has 0 saturated carbocycles. The van der Waals surface area contributed by atoms with Gasteiger partial charge in [-0.25, -0.2) is 0 Å². The summed E-state index contributed by atoms with van der Waals surface area (Å²) in [6.45, 7) is 3.90. The molecule has 0 unspecified atom stereocenters. The summed E-state index contributed by atoms with van der Waals surface area (Å²) in [7, 11) is 0. The van der Waals surface area contributed by atoms with Gasteiger partial charge >= 0.3 is 0 Å². The predicted octanol–water partition coefficient (Wildman–Crippen LogP) is 0.0768. The van der Waals surface area contributed by atoms with Crippen LogP contribution in [0.25, 0.3) is 0 Å². The van der Waals surface area contributed by atoms with Gasteiger partial charge in [0.05, 0.1) is 6.54 Å². The van der Waals surface area contributed by atoms with Gasteiger partial charge in [0.15, 0.2) is 0 Å². The Labute approximate surface area is 113 Å². The second-order valence-corrected chi connectivity index (χ2v) is 4.68. The van der Waals surface area contributed by atoms with E-state index < -0.39 is 0 Å². The second kappa shape index (κ2) is 6.89. The molecule has 1 aliphatic rings. The van der Waals surface area contributed by atoms with Gasteiger partial charge in [0.1, 0.15) is 0 Å². The van der Waals surface area contributed by atoms with Crippen LogP contribution in [-0.4, -0.2) is 54.8 Å². The summed E-state index contributed by atoms with van der Waals surface area (Å²) in [4.78, 5) is 26.2. The summed E-state index contributed by atoms with van der Waals surface area (Å²) < 4.78 is 0. The topological polar surface area (TPSA) is 52.7 Å². The molecule has 2 rings (SSSR count). The molecule has 1 N–H and O–H groups in total. The highest BCUT2D eigenvalue weighted by molar-refractivity contribution is 5.78. The maximum absolute atomic E-state index is 11.8. The molecular formula is C14H19N3O2. The number of hydrogen-bond acceptors (Lipinski definition) is 3. The molecule has 0 spiro atoms. The highest BCUT2D eigenvalue weighted by atomic mass is 16.2. The monoisotopic (exact) mass is 261 g/mol. The minimum Gasteiger partial charge on any atom is -0.351 e. The molecule has 1 aromatic carbocycles. The molecule has 0 bridgehead atoms. The van der Waals surface area contributed by atoms with Crippen LogP contribution >= 0.6 is 0 Å². The van der Waals surface area contributed by atoms with Crippen LogP contribution in [-0.2, 0) is 16.1 Å². The van der Waals surface area contributed by atoms with E-state index in [0.29, 0.717) is 26.2 Å². The number of amides is 2. The Morgan fingerprint density at radius 1 is 1.16 bits per heavy atom. The van der Waals surface area contributed by atoms with E-state index in [1.54, 1.807) is 4.90 Å². The standard InChI is InChI=1S/C14H19N3O2/c18-12-17-8-6-16(7-9-17)11-14(19)15-10-13-4-2-1-3-5-13/h1-5,12H,6-11H2,(H,15,19). The van der Waals surface area contributed by atoms with Gasteiger partial charge < -0.3 is 10.2 Å². The van der Waals surface area contributed by atoms with Crippen LogP contribution in [0.5, 0.6) is 0 Å². The van der Waals surface area contributed by atoms with Gasteiger partial charge in [0.2, 0.25) is 12.3 Å². The van der Waals surface area contributed by atoms with Crippen LogP contribution in [0.3, 0.4) is 0 Å². The van der Waals surface area contributed by atoms with Gasteiger partial charge in [0, 0.05) is 32.7 Å². The molecule has 5 heteroatoms. The average Bonchev–Trinajstić information content (AvgIpc) is 2.47. The summed E-state index contributed by atoms with van der Waals surface area (Å²) in [5, 5.41) is 2.91. The Kier molecular flexibility index (Phi) is 4.92. The first-order chi connectivity index (χ1) is 9.28. The van der Waals surface area contributed by atoms with Gasteiger partial charge in [-0.05, 0) is 5.56 Å². The van der Waals surface area contributed by atoms with E-state index in [0.717, 1.165) is 25.1 Å². The zero-order valence-corrected chi connectivity index (χ0v) is 10.9. The van der Waals surface area contributed by atoms with Crippen molar-refractivity contribution in [1.82, 2.24) is 15.1 Å². The first-order valence-corrected chi connectivity index (χ1v) is 6.50. The first-order valence-electron chi connectivity index (χ1n) is 6.50. The van der Waals surface area contributed by atoms with E-state index in [1.807, 2.05) is 30.3 Å². The number of piperazine rings is 1. The van der Waals surface area contributed by atoms with Crippen molar-refractivity contribution >= 4 is 12.3 Å². The molecule has 19 heavy (non-hydrogen) atoms. The SMILES string of the molecule is O=CN1CCN(CC(=O)NCc2ccccc2)CC1. The summed E-state index contributed by atoms with van der Waals surface area (Å²) in [6.07, 6.45) is 0.868. The molecule has 0 aliphatic carbocycles. The number of hydrogen-bond donors (Lipinski definition) is 1. The van der Waals surface area contributed by atoms with Crippen LogP contribution < -0.4 is 5.32 Å². The van der Waals surface area contributed by atoms with Crippen LogP contribution in [0.4, 0.5) is 0 Å². The Bertz CT molecular complexity index is 414. The lowest BCUT2D eigenvalue weighted by Gasteiger charge is -2.31. The van der Waals surface area contributed by atoms with Crippen molar-refractivity contribution in [2.75, 3.05) is 32.7 Å². The lowest BCUT2D eigenvalue weighted by molar-refractivity contribution is -0.123. The zero-order valence-electron chi connectivity index (χ0n) is 10.9. The second-order valence-electron chi connectivity index (χ2n) is 4.68. The van der Waals surface area contributed by atoms with Crippen LogP contribution in [0, 0.1) is 0 Å². The fourth-order valence-electron chi connectivity index (χ4n) is 2.08. The van der Waals surface area contributed by atoms with Crippen molar-refractivity contribution in [3.05, 3.63) is 35.9 Å². The normalized spacial score (nSPS) is 16.1. The third-order valence-corrected chi connectivity index (χ3v) is 3.26. The van der Waals surface area contributed by atoms with E-state index in [9.17, 15) is 9.59 Å². The smallest absolute Gasteiger partial charge is 0.234 e. The quantitative estimate of drug-likeness (QED) is 0.764. The molecule has 0 radical (unpaired) electrons. The molecule has 1 fully saturated rings. The highest BCUT2D eigenvalue weighted by Gasteiger charge is 2.17. The van der Waals surface area contributed by atoms with Crippen molar-refractivity contribution in [2.24, 2.45) is 0 Å². The van der Waals surface area contributed by atoms with Gasteiger partial charge in [-0.1, -0.05) is 30.3 Å². The molecule has 1 saturated heterocycles. The highest BCUT2D eigenvalue weighted by Crippen LogP contribution is 2.00. The van der Waals surface area contributed by atoms with Crippen molar-refractivity contribution in [3.8, 4) is 0 Å². The minimum atomic E-state index is 0.0309. The first kappa shape index (κ1) is 13.5. The van der Waals surface area contributed by atoms with E-state index in [4.69, 9.17) is 0 Å². The number of nitrogens with zero attached hydrogens (tertiary/aromatic N) is 2. The summed E-state index contributed by atoms with van der Waals surface area (Å²) in [5.41, 5.74) is 1.10. The fraction of sp³-hybridized carbons (Fsp3) is 0.429. The molecule has 5 nitrogen and oxygen atoms in total. The third-order valence-electron chi connectivity index (χ3n) is 3.26. The molecule has 2 amide bonds. The Morgan fingerprint density at radius 2 is 1.84 bits per heavy atom. The molecule has 1 aliphatic heterocycles. The average molecular weight is 261 g/mol. The van der Waals surface area contributed by atoms with Crippen LogP contribution in [0.2, 0.25) is 0 Å². The Balaban J connectivity index is 1.69. The molecular weight excluding hydrogens is 242 g/mol. The summed E-state index contributed by atoms with van der Waals surface area (Å²) >= 11 is 0.